The summed E-state index contributed by atoms with van der Waals surface area (Å²) < 4.78 is 16.8. The Morgan fingerprint density at radius 3 is 1.89 bits per heavy atom. The Balaban J connectivity index is 2.08. The molecule has 1 N–H and O–H groups in total. The first-order chi connectivity index (χ1) is 17.7. The predicted octanol–water partition coefficient (Wildman–Crippen LogP) is 4.95. The maximum atomic E-state index is 14.4. The van der Waals surface area contributed by atoms with Crippen molar-refractivity contribution in [2.75, 3.05) is 26.2 Å². The van der Waals surface area contributed by atoms with E-state index in [0.29, 0.717) is 34.1 Å². The number of para-hydroxylation sites is 1. The van der Waals surface area contributed by atoms with Gasteiger partial charge < -0.3 is 19.5 Å². The number of anilines is 1. The highest BCUT2D eigenvalue weighted by molar-refractivity contribution is 6.28. The van der Waals surface area contributed by atoms with E-state index in [1.807, 2.05) is 81.4 Å². The number of hydrogen-bond donors (Lipinski definition) is 1. The molecule has 192 valence electrons. The number of ether oxygens (including phenoxy) is 3. The molecule has 7 nitrogen and oxygen atoms in total. The Morgan fingerprint density at radius 1 is 0.865 bits per heavy atom. The van der Waals surface area contributed by atoms with E-state index in [1.165, 1.54) is 26.2 Å². The van der Waals surface area contributed by atoms with Crippen LogP contribution in [0.1, 0.15) is 31.9 Å². The summed E-state index contributed by atoms with van der Waals surface area (Å²) in [7, 11) is 4.56. The number of nitrogens with one attached hydrogen (secondary N) is 1. The van der Waals surface area contributed by atoms with Crippen LogP contribution in [0.25, 0.3) is 6.08 Å². The van der Waals surface area contributed by atoms with Crippen molar-refractivity contribution in [3.05, 3.63) is 89.5 Å². The van der Waals surface area contributed by atoms with Gasteiger partial charge in [0, 0.05) is 11.2 Å². The fourth-order valence-electron chi connectivity index (χ4n) is 4.63. The quantitative estimate of drug-likeness (QED) is 0.367. The average Bonchev–Trinajstić information content (AvgIpc) is 2.89. The fraction of sp³-hybridized carbons (Fsp3) is 0.267. The molecular formula is C30H32N2O5. The van der Waals surface area contributed by atoms with E-state index < -0.39 is 11.1 Å². The summed E-state index contributed by atoms with van der Waals surface area (Å²) in [4.78, 5) is 29.8. The summed E-state index contributed by atoms with van der Waals surface area (Å²) in [5.74, 6) is 0.538. The Kier molecular flexibility index (Phi) is 6.99. The van der Waals surface area contributed by atoms with Crippen LogP contribution >= 0.6 is 0 Å². The van der Waals surface area contributed by atoms with E-state index in [9.17, 15) is 9.59 Å². The molecule has 2 amide bonds. The van der Waals surface area contributed by atoms with Crippen LogP contribution < -0.4 is 24.4 Å². The van der Waals surface area contributed by atoms with Gasteiger partial charge in [0.05, 0.1) is 26.9 Å². The Labute approximate surface area is 217 Å². The minimum Gasteiger partial charge on any atom is -0.493 e. The maximum Gasteiger partial charge on any atom is 0.259 e. The number of rotatable bonds is 7. The molecule has 1 fully saturated rings. The molecule has 3 aromatic carbocycles. The summed E-state index contributed by atoms with van der Waals surface area (Å²) in [6.07, 6.45) is 1.77. The third-order valence-corrected chi connectivity index (χ3v) is 6.18. The van der Waals surface area contributed by atoms with Gasteiger partial charge in [-0.15, -0.1) is 0 Å². The van der Waals surface area contributed by atoms with Crippen LogP contribution in [0.5, 0.6) is 17.2 Å². The first-order valence-electron chi connectivity index (χ1n) is 12.0. The molecule has 1 atom stereocenters. The largest absolute Gasteiger partial charge is 0.493 e. The second-order valence-electron chi connectivity index (χ2n) is 9.77. The van der Waals surface area contributed by atoms with Crippen molar-refractivity contribution >= 4 is 23.6 Å². The molecule has 0 aliphatic carbocycles. The number of benzene rings is 3. The van der Waals surface area contributed by atoms with Crippen LogP contribution in [0.2, 0.25) is 0 Å². The van der Waals surface area contributed by atoms with Crippen LogP contribution in [-0.2, 0) is 15.1 Å². The standard InChI is InChI=1S/C30H32N2O5/c1-29(2,3)31-28(34)30(21-18-24(35-4)26(37-6)25(19-21)36-5)23(17-20-13-9-7-10-14-20)27(33)32(30)22-15-11-8-12-16-22/h7-19H,1-6H3,(H,31,34)/b23-17+/t30-/m0/s1. The van der Waals surface area contributed by atoms with Gasteiger partial charge in [-0.2, -0.15) is 0 Å². The Hall–Kier alpha value is -4.26. The van der Waals surface area contributed by atoms with Gasteiger partial charge in [-0.25, -0.2) is 0 Å². The van der Waals surface area contributed by atoms with E-state index in [2.05, 4.69) is 5.32 Å². The van der Waals surface area contributed by atoms with E-state index in [-0.39, 0.29) is 11.8 Å². The molecule has 4 rings (SSSR count). The van der Waals surface area contributed by atoms with E-state index in [4.69, 9.17) is 14.2 Å². The Bertz CT molecular complexity index is 1300. The molecule has 1 saturated heterocycles. The highest BCUT2D eigenvalue weighted by atomic mass is 16.5. The van der Waals surface area contributed by atoms with Crippen molar-refractivity contribution in [3.8, 4) is 17.2 Å². The number of amides is 2. The molecule has 37 heavy (non-hydrogen) atoms. The third-order valence-electron chi connectivity index (χ3n) is 6.18. The molecule has 0 unspecified atom stereocenters. The van der Waals surface area contributed by atoms with Gasteiger partial charge in [-0.3, -0.25) is 14.5 Å². The summed E-state index contributed by atoms with van der Waals surface area (Å²) >= 11 is 0. The number of β-lactam (4-membered cyclic amide) rings is 1. The van der Waals surface area contributed by atoms with Gasteiger partial charge in [-0.1, -0.05) is 48.5 Å². The summed E-state index contributed by atoms with van der Waals surface area (Å²) in [5, 5.41) is 3.11. The van der Waals surface area contributed by atoms with Gasteiger partial charge in [0.15, 0.2) is 17.0 Å². The number of methoxy groups -OCH3 is 3. The van der Waals surface area contributed by atoms with Gasteiger partial charge in [0.1, 0.15) is 0 Å². The molecule has 1 aliphatic rings. The number of carbonyl (C=O) groups is 2. The van der Waals surface area contributed by atoms with Crippen molar-refractivity contribution < 1.29 is 23.8 Å². The van der Waals surface area contributed by atoms with Crippen LogP contribution in [0.4, 0.5) is 5.69 Å². The lowest BCUT2D eigenvalue weighted by Crippen LogP contribution is -2.71. The first-order valence-corrected chi connectivity index (χ1v) is 12.0. The monoisotopic (exact) mass is 500 g/mol. The predicted molar refractivity (Wildman–Crippen MR) is 144 cm³/mol. The van der Waals surface area contributed by atoms with Crippen molar-refractivity contribution in [1.29, 1.82) is 0 Å². The van der Waals surface area contributed by atoms with E-state index >= 15 is 0 Å². The van der Waals surface area contributed by atoms with E-state index in [1.54, 1.807) is 18.2 Å². The average molecular weight is 501 g/mol. The number of carbonyl (C=O) groups excluding carboxylic acids is 2. The third kappa shape index (κ3) is 4.53. The lowest BCUT2D eigenvalue weighted by atomic mass is 9.70. The summed E-state index contributed by atoms with van der Waals surface area (Å²) in [6, 6.07) is 22.1. The van der Waals surface area contributed by atoms with Crippen molar-refractivity contribution in [1.82, 2.24) is 5.32 Å². The van der Waals surface area contributed by atoms with Gasteiger partial charge in [-0.05, 0) is 62.2 Å². The van der Waals surface area contributed by atoms with Crippen LogP contribution in [0, 0.1) is 0 Å². The van der Waals surface area contributed by atoms with Gasteiger partial charge in [0.2, 0.25) is 5.75 Å². The molecule has 0 saturated carbocycles. The molecule has 0 bridgehead atoms. The zero-order chi connectivity index (χ0) is 26.8. The Morgan fingerprint density at radius 2 is 1.41 bits per heavy atom. The van der Waals surface area contributed by atoms with Crippen LogP contribution in [0.3, 0.4) is 0 Å². The zero-order valence-electron chi connectivity index (χ0n) is 22.0. The van der Waals surface area contributed by atoms with Crippen molar-refractivity contribution in [3.63, 3.8) is 0 Å². The van der Waals surface area contributed by atoms with Gasteiger partial charge in [0.25, 0.3) is 11.8 Å². The van der Waals surface area contributed by atoms with Gasteiger partial charge >= 0.3 is 0 Å². The molecular weight excluding hydrogens is 468 g/mol. The summed E-state index contributed by atoms with van der Waals surface area (Å²) in [6.45, 7) is 5.71. The molecule has 7 heteroatoms. The van der Waals surface area contributed by atoms with Crippen LogP contribution in [0.15, 0.2) is 78.4 Å². The molecule has 3 aromatic rings. The first kappa shape index (κ1) is 25.8. The summed E-state index contributed by atoms with van der Waals surface area (Å²) in [5.41, 5.74) is 0.167. The molecule has 0 aromatic heterocycles. The second-order valence-corrected chi connectivity index (χ2v) is 9.77. The normalized spacial score (nSPS) is 18.3. The van der Waals surface area contributed by atoms with E-state index in [0.717, 1.165) is 5.56 Å². The highest BCUT2D eigenvalue weighted by Crippen LogP contribution is 2.53. The topological polar surface area (TPSA) is 77.1 Å². The smallest absolute Gasteiger partial charge is 0.259 e. The SMILES string of the molecule is COc1cc([C@@]2(C(=O)NC(C)(C)C)/C(=C/c3ccccc3)C(=O)N2c2ccccc2)cc(OC)c1OC. The second kappa shape index (κ2) is 10.0. The highest BCUT2D eigenvalue weighted by Gasteiger charge is 2.63. The maximum absolute atomic E-state index is 14.4. The zero-order valence-corrected chi connectivity index (χ0v) is 22.0. The molecule has 1 aliphatic heterocycles. The number of nitrogens with zero attached hydrogens (tertiary/aromatic N) is 1. The molecule has 0 radical (unpaired) electrons. The van der Waals surface area contributed by atoms with Crippen LogP contribution in [-0.4, -0.2) is 38.7 Å². The molecule has 0 spiro atoms. The fourth-order valence-corrected chi connectivity index (χ4v) is 4.63. The molecule has 1 heterocycles. The lowest BCUT2D eigenvalue weighted by Gasteiger charge is -2.53. The lowest BCUT2D eigenvalue weighted by molar-refractivity contribution is -0.135. The minimum absolute atomic E-state index is 0.270. The van der Waals surface area contributed by atoms with Crippen molar-refractivity contribution in [2.24, 2.45) is 0 Å². The minimum atomic E-state index is -1.51. The number of hydrogen-bond acceptors (Lipinski definition) is 5. The van der Waals surface area contributed by atoms with Crippen molar-refractivity contribution in [2.45, 2.75) is 31.8 Å².